The van der Waals surface area contributed by atoms with Crippen molar-refractivity contribution in [3.8, 4) is 5.75 Å². The number of aromatic amines is 1. The number of aromatic nitrogens is 3. The Morgan fingerprint density at radius 2 is 2.28 bits per heavy atom. The first-order valence-electron chi connectivity index (χ1n) is 8.83. The van der Waals surface area contributed by atoms with Crippen LogP contribution < -0.4 is 4.74 Å². The van der Waals surface area contributed by atoms with E-state index in [9.17, 15) is 0 Å². The standard InChI is InChI=1S/C20H24N4O/c1-4-24-14(3)15(11-21-24)12-23-9-8-20-18(13-23)17-10-16(25-5-2)6-7-19(17)22-20/h4,6-7,10-11,22H,1,5,8-9,12-13H2,2-3H3. The maximum absolute atomic E-state index is 5.68. The molecule has 1 N–H and O–H groups in total. The molecule has 0 saturated heterocycles. The minimum atomic E-state index is 0.691. The van der Waals surface area contributed by atoms with Gasteiger partial charge in [0.05, 0.1) is 12.8 Å². The maximum atomic E-state index is 5.68. The molecule has 0 spiro atoms. The summed E-state index contributed by atoms with van der Waals surface area (Å²) in [6, 6.07) is 6.33. The van der Waals surface area contributed by atoms with E-state index in [0.29, 0.717) is 6.61 Å². The molecule has 0 atom stereocenters. The molecule has 3 aromatic rings. The second kappa shape index (κ2) is 6.41. The maximum Gasteiger partial charge on any atom is 0.120 e. The molecule has 0 radical (unpaired) electrons. The lowest BCUT2D eigenvalue weighted by atomic mass is 10.0. The Balaban J connectivity index is 1.61. The lowest BCUT2D eigenvalue weighted by molar-refractivity contribution is 0.245. The molecule has 0 unspecified atom stereocenters. The Labute approximate surface area is 147 Å². The van der Waals surface area contributed by atoms with Crippen LogP contribution in [-0.2, 0) is 19.5 Å². The normalized spacial score (nSPS) is 14.6. The highest BCUT2D eigenvalue weighted by atomic mass is 16.5. The van der Waals surface area contributed by atoms with Gasteiger partial charge in [0.1, 0.15) is 5.75 Å². The van der Waals surface area contributed by atoms with Crippen molar-refractivity contribution >= 4 is 17.1 Å². The summed E-state index contributed by atoms with van der Waals surface area (Å²) >= 11 is 0. The summed E-state index contributed by atoms with van der Waals surface area (Å²) < 4.78 is 7.52. The summed E-state index contributed by atoms with van der Waals surface area (Å²) in [5, 5.41) is 5.65. The fraction of sp³-hybridized carbons (Fsp3) is 0.350. The SMILES string of the molecule is C=Cn1ncc(CN2CCc3[nH]c4ccc(OCC)cc4c3C2)c1C. The highest BCUT2D eigenvalue weighted by Crippen LogP contribution is 2.31. The third kappa shape index (κ3) is 2.85. The van der Waals surface area contributed by atoms with Gasteiger partial charge in [-0.2, -0.15) is 5.10 Å². The van der Waals surface area contributed by atoms with Crippen LogP contribution in [0.1, 0.15) is 29.4 Å². The number of nitrogens with one attached hydrogen (secondary N) is 1. The van der Waals surface area contributed by atoms with Gasteiger partial charge >= 0.3 is 0 Å². The Morgan fingerprint density at radius 3 is 3.04 bits per heavy atom. The predicted molar refractivity (Wildman–Crippen MR) is 101 cm³/mol. The summed E-state index contributed by atoms with van der Waals surface area (Å²) in [7, 11) is 0. The zero-order chi connectivity index (χ0) is 17.4. The smallest absolute Gasteiger partial charge is 0.120 e. The third-order valence-corrected chi connectivity index (χ3v) is 5.05. The van der Waals surface area contributed by atoms with Gasteiger partial charge in [0, 0.05) is 60.1 Å². The minimum Gasteiger partial charge on any atom is -0.494 e. The molecule has 1 aliphatic heterocycles. The summed E-state index contributed by atoms with van der Waals surface area (Å²) in [5.41, 5.74) is 6.39. The number of H-pyrrole nitrogens is 1. The molecular formula is C20H24N4O. The molecule has 5 nitrogen and oxygen atoms in total. The Hall–Kier alpha value is -2.53. The van der Waals surface area contributed by atoms with E-state index in [-0.39, 0.29) is 0 Å². The molecule has 0 bridgehead atoms. The number of hydrogen-bond acceptors (Lipinski definition) is 3. The number of rotatable bonds is 5. The van der Waals surface area contributed by atoms with Crippen LogP contribution in [0, 0.1) is 6.92 Å². The van der Waals surface area contributed by atoms with Gasteiger partial charge < -0.3 is 9.72 Å². The van der Waals surface area contributed by atoms with Crippen molar-refractivity contribution in [2.45, 2.75) is 33.4 Å². The molecule has 2 aromatic heterocycles. The van der Waals surface area contributed by atoms with Gasteiger partial charge in [-0.05, 0) is 37.6 Å². The molecule has 130 valence electrons. The third-order valence-electron chi connectivity index (χ3n) is 5.05. The first kappa shape index (κ1) is 16.0. The Bertz CT molecular complexity index is 921. The van der Waals surface area contributed by atoms with Gasteiger partial charge in [0.2, 0.25) is 0 Å². The van der Waals surface area contributed by atoms with Gasteiger partial charge in [-0.25, -0.2) is 4.68 Å². The second-order valence-electron chi connectivity index (χ2n) is 6.57. The molecule has 1 aromatic carbocycles. The van der Waals surface area contributed by atoms with E-state index in [1.165, 1.54) is 33.4 Å². The van der Waals surface area contributed by atoms with Crippen molar-refractivity contribution < 1.29 is 4.74 Å². The van der Waals surface area contributed by atoms with Crippen molar-refractivity contribution in [1.82, 2.24) is 19.7 Å². The van der Waals surface area contributed by atoms with Gasteiger partial charge in [0.25, 0.3) is 0 Å². The fourth-order valence-corrected chi connectivity index (χ4v) is 3.68. The van der Waals surface area contributed by atoms with Crippen LogP contribution in [0.5, 0.6) is 5.75 Å². The second-order valence-corrected chi connectivity index (χ2v) is 6.57. The molecule has 4 rings (SSSR count). The van der Waals surface area contributed by atoms with Crippen LogP contribution in [0.25, 0.3) is 17.1 Å². The molecule has 0 saturated carbocycles. The van der Waals surface area contributed by atoms with E-state index >= 15 is 0 Å². The molecule has 0 aliphatic carbocycles. The van der Waals surface area contributed by atoms with E-state index in [1.807, 2.05) is 23.9 Å². The van der Waals surface area contributed by atoms with Gasteiger partial charge in [-0.1, -0.05) is 6.58 Å². The summed E-state index contributed by atoms with van der Waals surface area (Å²) in [4.78, 5) is 6.07. The number of nitrogens with zero attached hydrogens (tertiary/aromatic N) is 3. The van der Waals surface area contributed by atoms with E-state index in [2.05, 4.69) is 40.6 Å². The number of ether oxygens (including phenoxy) is 1. The largest absolute Gasteiger partial charge is 0.494 e. The van der Waals surface area contributed by atoms with Gasteiger partial charge in [-0.3, -0.25) is 4.90 Å². The van der Waals surface area contributed by atoms with E-state index < -0.39 is 0 Å². The van der Waals surface area contributed by atoms with Crippen molar-refractivity contribution in [2.75, 3.05) is 13.2 Å². The van der Waals surface area contributed by atoms with Crippen LogP contribution in [-0.4, -0.2) is 32.8 Å². The topological polar surface area (TPSA) is 46.1 Å². The molecule has 1 aliphatic rings. The highest BCUT2D eigenvalue weighted by Gasteiger charge is 2.22. The Kier molecular flexibility index (Phi) is 4.09. The highest BCUT2D eigenvalue weighted by molar-refractivity contribution is 5.86. The van der Waals surface area contributed by atoms with Crippen molar-refractivity contribution in [2.24, 2.45) is 0 Å². The molecule has 5 heteroatoms. The summed E-state index contributed by atoms with van der Waals surface area (Å²) in [6.45, 7) is 11.5. The Morgan fingerprint density at radius 1 is 1.40 bits per heavy atom. The fourth-order valence-electron chi connectivity index (χ4n) is 3.68. The molecule has 0 amide bonds. The average Bonchev–Trinajstić information content (AvgIpc) is 3.16. The van der Waals surface area contributed by atoms with E-state index in [4.69, 9.17) is 4.74 Å². The van der Waals surface area contributed by atoms with E-state index in [1.54, 1.807) is 6.20 Å². The number of fused-ring (bicyclic) bond motifs is 3. The zero-order valence-electron chi connectivity index (χ0n) is 14.9. The zero-order valence-corrected chi connectivity index (χ0v) is 14.9. The van der Waals surface area contributed by atoms with Crippen molar-refractivity contribution in [3.63, 3.8) is 0 Å². The van der Waals surface area contributed by atoms with Crippen LogP contribution >= 0.6 is 0 Å². The predicted octanol–water partition coefficient (Wildman–Crippen LogP) is 3.73. The number of hydrogen-bond donors (Lipinski definition) is 1. The lowest BCUT2D eigenvalue weighted by Gasteiger charge is -2.27. The van der Waals surface area contributed by atoms with Crippen LogP contribution in [0.2, 0.25) is 0 Å². The van der Waals surface area contributed by atoms with Gasteiger partial charge in [-0.15, -0.1) is 0 Å². The quantitative estimate of drug-likeness (QED) is 0.772. The molecular weight excluding hydrogens is 312 g/mol. The summed E-state index contributed by atoms with van der Waals surface area (Å²) in [5.74, 6) is 0.942. The van der Waals surface area contributed by atoms with Gasteiger partial charge in [0.15, 0.2) is 0 Å². The molecule has 25 heavy (non-hydrogen) atoms. The van der Waals surface area contributed by atoms with E-state index in [0.717, 1.165) is 31.8 Å². The molecule has 3 heterocycles. The van der Waals surface area contributed by atoms with Crippen molar-refractivity contribution in [3.05, 3.63) is 53.5 Å². The average molecular weight is 336 g/mol. The first-order chi connectivity index (χ1) is 12.2. The van der Waals surface area contributed by atoms with Crippen LogP contribution in [0.3, 0.4) is 0 Å². The molecule has 0 fully saturated rings. The minimum absolute atomic E-state index is 0.691. The monoisotopic (exact) mass is 336 g/mol. The van der Waals surface area contributed by atoms with Crippen LogP contribution in [0.15, 0.2) is 31.0 Å². The summed E-state index contributed by atoms with van der Waals surface area (Å²) in [6.07, 6.45) is 4.75. The van der Waals surface area contributed by atoms with Crippen molar-refractivity contribution in [1.29, 1.82) is 0 Å². The number of benzene rings is 1. The first-order valence-corrected chi connectivity index (χ1v) is 8.83. The lowest BCUT2D eigenvalue weighted by Crippen LogP contribution is -2.29. The van der Waals surface area contributed by atoms with Crippen LogP contribution in [0.4, 0.5) is 0 Å².